The zero-order valence-corrected chi connectivity index (χ0v) is 9.06. The van der Waals surface area contributed by atoms with Crippen molar-refractivity contribution in [3.8, 4) is 0 Å². The third-order valence-corrected chi connectivity index (χ3v) is 4.41. The lowest BCUT2D eigenvalue weighted by atomic mass is 9.79. The number of aryl methyl sites for hydroxylation is 1. The molecule has 0 nitrogen and oxygen atoms in total. The second kappa shape index (κ2) is 3.00. The van der Waals surface area contributed by atoms with Crippen LogP contribution in [-0.2, 0) is 11.8 Å². The van der Waals surface area contributed by atoms with E-state index in [4.69, 9.17) is 11.6 Å². The first-order valence-corrected chi connectivity index (χ1v) is 6.04. The number of hydrogen-bond acceptors (Lipinski definition) is 0. The molecule has 2 aliphatic rings. The number of fused-ring (bicyclic) bond motifs is 2. The van der Waals surface area contributed by atoms with E-state index < -0.39 is 0 Å². The average Bonchev–Trinajstić information content (AvgIpc) is 2.94. The number of alkyl halides is 1. The first-order valence-electron chi connectivity index (χ1n) is 5.51. The van der Waals surface area contributed by atoms with Crippen molar-refractivity contribution in [3.05, 3.63) is 35.4 Å². The molecule has 1 aromatic rings. The van der Waals surface area contributed by atoms with Crippen LogP contribution in [0.25, 0.3) is 0 Å². The van der Waals surface area contributed by atoms with E-state index in [9.17, 15) is 0 Å². The molecule has 0 amide bonds. The van der Waals surface area contributed by atoms with E-state index in [0.717, 1.165) is 11.8 Å². The minimum absolute atomic E-state index is 0.497. The summed E-state index contributed by atoms with van der Waals surface area (Å²) >= 11 is 5.99. The molecule has 14 heavy (non-hydrogen) atoms. The Morgan fingerprint density at radius 3 is 3.00 bits per heavy atom. The summed E-state index contributed by atoms with van der Waals surface area (Å²) in [5, 5.41) is 0. The molecule has 1 heteroatoms. The molecule has 0 radical (unpaired) electrons. The Morgan fingerprint density at radius 1 is 1.36 bits per heavy atom. The van der Waals surface area contributed by atoms with Crippen molar-refractivity contribution >= 4 is 11.6 Å². The van der Waals surface area contributed by atoms with Crippen molar-refractivity contribution < 1.29 is 0 Å². The van der Waals surface area contributed by atoms with Crippen LogP contribution in [0, 0.1) is 5.92 Å². The van der Waals surface area contributed by atoms with E-state index in [1.54, 1.807) is 11.1 Å². The Labute approximate surface area is 90.3 Å². The topological polar surface area (TPSA) is 0 Å². The summed E-state index contributed by atoms with van der Waals surface area (Å²) in [5.74, 6) is 1.60. The zero-order chi connectivity index (χ0) is 9.60. The van der Waals surface area contributed by atoms with Gasteiger partial charge in [-0.1, -0.05) is 24.3 Å². The van der Waals surface area contributed by atoms with Gasteiger partial charge >= 0.3 is 0 Å². The summed E-state index contributed by atoms with van der Waals surface area (Å²) in [4.78, 5) is 0. The lowest BCUT2D eigenvalue weighted by Gasteiger charge is -2.26. The monoisotopic (exact) mass is 206 g/mol. The highest BCUT2D eigenvalue weighted by atomic mass is 35.5. The van der Waals surface area contributed by atoms with Crippen molar-refractivity contribution in [1.29, 1.82) is 0 Å². The molecule has 2 atom stereocenters. The standard InChI is InChI=1S/C13H15Cl/c14-9-11-8-13(11)7-3-5-10-4-1-2-6-12(10)13/h1-2,4,6,11H,3,5,7-9H2. The lowest BCUT2D eigenvalue weighted by Crippen LogP contribution is -2.18. The van der Waals surface area contributed by atoms with Gasteiger partial charge in [0.05, 0.1) is 0 Å². The van der Waals surface area contributed by atoms with Crippen LogP contribution < -0.4 is 0 Å². The Morgan fingerprint density at radius 2 is 2.21 bits per heavy atom. The molecule has 3 rings (SSSR count). The smallest absolute Gasteiger partial charge is 0.0260 e. The molecule has 0 bridgehead atoms. The maximum Gasteiger partial charge on any atom is 0.0260 e. The molecule has 2 aliphatic carbocycles. The minimum Gasteiger partial charge on any atom is -0.126 e. The summed E-state index contributed by atoms with van der Waals surface area (Å²) in [5.41, 5.74) is 3.68. The Balaban J connectivity index is 2.05. The van der Waals surface area contributed by atoms with Crippen LogP contribution in [0.1, 0.15) is 30.4 Å². The number of benzene rings is 1. The highest BCUT2D eigenvalue weighted by Crippen LogP contribution is 2.60. The fourth-order valence-electron chi connectivity index (χ4n) is 3.17. The normalized spacial score (nSPS) is 34.2. The van der Waals surface area contributed by atoms with Gasteiger partial charge in [0.2, 0.25) is 0 Å². The first-order chi connectivity index (χ1) is 6.87. The molecule has 1 aromatic carbocycles. The molecule has 0 aromatic heterocycles. The summed E-state index contributed by atoms with van der Waals surface area (Å²) < 4.78 is 0. The van der Waals surface area contributed by atoms with Gasteiger partial charge in [-0.05, 0) is 48.1 Å². The SMILES string of the molecule is ClCC1CC12CCCc1ccccc12. The zero-order valence-electron chi connectivity index (χ0n) is 8.30. The maximum absolute atomic E-state index is 5.99. The largest absolute Gasteiger partial charge is 0.126 e. The average molecular weight is 207 g/mol. The van der Waals surface area contributed by atoms with E-state index in [2.05, 4.69) is 24.3 Å². The highest BCUT2D eigenvalue weighted by molar-refractivity contribution is 6.18. The van der Waals surface area contributed by atoms with Gasteiger partial charge in [-0.15, -0.1) is 11.6 Å². The van der Waals surface area contributed by atoms with Gasteiger partial charge in [0, 0.05) is 5.88 Å². The van der Waals surface area contributed by atoms with E-state index in [1.165, 1.54) is 25.7 Å². The van der Waals surface area contributed by atoms with Gasteiger partial charge in [0.15, 0.2) is 0 Å². The number of rotatable bonds is 1. The molecule has 1 spiro atoms. The maximum atomic E-state index is 5.99. The predicted molar refractivity (Wildman–Crippen MR) is 59.9 cm³/mol. The molecular weight excluding hydrogens is 192 g/mol. The fourth-order valence-corrected chi connectivity index (χ4v) is 3.58. The molecule has 0 N–H and O–H groups in total. The predicted octanol–water partition coefficient (Wildman–Crippen LogP) is 3.52. The summed E-state index contributed by atoms with van der Waals surface area (Å²) in [6, 6.07) is 8.95. The summed E-state index contributed by atoms with van der Waals surface area (Å²) in [6.45, 7) is 0. The van der Waals surface area contributed by atoms with Crippen molar-refractivity contribution in [2.24, 2.45) is 5.92 Å². The van der Waals surface area contributed by atoms with Gasteiger partial charge < -0.3 is 0 Å². The Kier molecular flexibility index (Phi) is 1.88. The number of hydrogen-bond donors (Lipinski definition) is 0. The number of halogens is 1. The van der Waals surface area contributed by atoms with E-state index >= 15 is 0 Å². The highest BCUT2D eigenvalue weighted by Gasteiger charge is 2.55. The van der Waals surface area contributed by atoms with Crippen LogP contribution in [0.5, 0.6) is 0 Å². The Bertz CT molecular complexity index is 358. The van der Waals surface area contributed by atoms with Crippen molar-refractivity contribution in [2.45, 2.75) is 31.1 Å². The Hall–Kier alpha value is -0.490. The third-order valence-electron chi connectivity index (χ3n) is 4.04. The van der Waals surface area contributed by atoms with Crippen LogP contribution >= 0.6 is 11.6 Å². The van der Waals surface area contributed by atoms with Crippen LogP contribution in [0.4, 0.5) is 0 Å². The molecule has 1 saturated carbocycles. The van der Waals surface area contributed by atoms with Gasteiger partial charge in [-0.3, -0.25) is 0 Å². The van der Waals surface area contributed by atoms with Gasteiger partial charge in [0.1, 0.15) is 0 Å². The van der Waals surface area contributed by atoms with Crippen LogP contribution in [0.15, 0.2) is 24.3 Å². The lowest BCUT2D eigenvalue weighted by molar-refractivity contribution is 0.510. The minimum atomic E-state index is 0.497. The van der Waals surface area contributed by atoms with Crippen LogP contribution in [-0.4, -0.2) is 5.88 Å². The second-order valence-electron chi connectivity index (χ2n) is 4.72. The van der Waals surface area contributed by atoms with Crippen LogP contribution in [0.2, 0.25) is 0 Å². The second-order valence-corrected chi connectivity index (χ2v) is 5.03. The summed E-state index contributed by atoms with van der Waals surface area (Å²) in [7, 11) is 0. The molecule has 0 aliphatic heterocycles. The van der Waals surface area contributed by atoms with Crippen molar-refractivity contribution in [3.63, 3.8) is 0 Å². The molecule has 0 saturated heterocycles. The summed E-state index contributed by atoms with van der Waals surface area (Å²) in [6.07, 6.45) is 5.31. The van der Waals surface area contributed by atoms with Crippen molar-refractivity contribution in [1.82, 2.24) is 0 Å². The van der Waals surface area contributed by atoms with Gasteiger partial charge in [0.25, 0.3) is 0 Å². The quantitative estimate of drug-likeness (QED) is 0.617. The van der Waals surface area contributed by atoms with E-state index in [1.807, 2.05) is 0 Å². The van der Waals surface area contributed by atoms with Gasteiger partial charge in [-0.2, -0.15) is 0 Å². The molecule has 74 valence electrons. The van der Waals surface area contributed by atoms with Crippen LogP contribution in [0.3, 0.4) is 0 Å². The fraction of sp³-hybridized carbons (Fsp3) is 0.538. The molecule has 1 fully saturated rings. The first kappa shape index (κ1) is 8.79. The molecule has 2 unspecified atom stereocenters. The molecule has 0 heterocycles. The van der Waals surface area contributed by atoms with Gasteiger partial charge in [-0.25, -0.2) is 0 Å². The van der Waals surface area contributed by atoms with Crippen molar-refractivity contribution in [2.75, 3.05) is 5.88 Å². The molecular formula is C13H15Cl. The van der Waals surface area contributed by atoms with E-state index in [0.29, 0.717) is 5.41 Å². The van der Waals surface area contributed by atoms with E-state index in [-0.39, 0.29) is 0 Å². The third kappa shape index (κ3) is 1.07.